The summed E-state index contributed by atoms with van der Waals surface area (Å²) in [4.78, 5) is 24.1. The van der Waals surface area contributed by atoms with Crippen LogP contribution in [0.2, 0.25) is 0 Å². The number of hydrogen-bond donors (Lipinski definition) is 1. The molecule has 200 valence electrons. The molecule has 0 atom stereocenters. The SMILES string of the molecule is CC(=O)c1ccccc1C(C)=O.CCCS(C)(=O)=O.Cc1cc(Sc2ccccc2)c(O)c2ccccc12. The first-order chi connectivity index (χ1) is 17.9. The Morgan fingerprint density at radius 2 is 1.26 bits per heavy atom. The van der Waals surface area contributed by atoms with Crippen LogP contribution in [0.15, 0.2) is 94.7 Å². The molecule has 0 unspecified atom stereocenters. The maximum atomic E-state index is 11.0. The summed E-state index contributed by atoms with van der Waals surface area (Å²) in [6.07, 6.45) is 1.97. The van der Waals surface area contributed by atoms with E-state index in [0.29, 0.717) is 22.6 Å². The molecule has 0 heterocycles. The molecule has 4 rings (SSSR count). The van der Waals surface area contributed by atoms with Crippen LogP contribution in [0.5, 0.6) is 5.75 Å². The van der Waals surface area contributed by atoms with E-state index >= 15 is 0 Å². The number of ketones is 2. The highest BCUT2D eigenvalue weighted by atomic mass is 32.2. The van der Waals surface area contributed by atoms with Gasteiger partial charge in [0.05, 0.1) is 4.90 Å². The number of phenolic OH excluding ortho intramolecular Hbond substituents is 1. The summed E-state index contributed by atoms with van der Waals surface area (Å²) in [5, 5.41) is 12.4. The van der Waals surface area contributed by atoms with Gasteiger partial charge < -0.3 is 5.11 Å². The number of carbonyl (C=O) groups is 2. The van der Waals surface area contributed by atoms with Gasteiger partial charge in [0, 0.05) is 33.4 Å². The Kier molecular flexibility index (Phi) is 11.8. The number of Topliss-reactive ketones (excluding diaryl/α,β-unsaturated/α-hetero) is 2. The number of sulfone groups is 1. The number of fused-ring (bicyclic) bond motifs is 1. The summed E-state index contributed by atoms with van der Waals surface area (Å²) in [6.45, 7) is 6.85. The van der Waals surface area contributed by atoms with Gasteiger partial charge in [0.2, 0.25) is 0 Å². The van der Waals surface area contributed by atoms with Crippen molar-refractivity contribution in [2.75, 3.05) is 12.0 Å². The number of benzene rings is 4. The predicted molar refractivity (Wildman–Crippen MR) is 157 cm³/mol. The molecule has 0 spiro atoms. The molecule has 4 aromatic carbocycles. The van der Waals surface area contributed by atoms with E-state index < -0.39 is 9.84 Å². The molecular formula is C31H34O5S2. The lowest BCUT2D eigenvalue weighted by molar-refractivity contribution is 0.0981. The summed E-state index contributed by atoms with van der Waals surface area (Å²) in [5.74, 6) is 0.546. The molecule has 0 saturated carbocycles. The quantitative estimate of drug-likeness (QED) is 0.250. The van der Waals surface area contributed by atoms with Crippen molar-refractivity contribution in [1.82, 2.24) is 0 Å². The highest BCUT2D eigenvalue weighted by Gasteiger charge is 2.10. The molecule has 0 saturated heterocycles. The average Bonchev–Trinajstić information content (AvgIpc) is 2.88. The van der Waals surface area contributed by atoms with Crippen LogP contribution in [-0.2, 0) is 9.84 Å². The van der Waals surface area contributed by atoms with Crippen LogP contribution in [0, 0.1) is 6.92 Å². The van der Waals surface area contributed by atoms with Gasteiger partial charge in [0.25, 0.3) is 0 Å². The maximum absolute atomic E-state index is 11.0. The van der Waals surface area contributed by atoms with Crippen LogP contribution in [-0.4, -0.2) is 37.1 Å². The van der Waals surface area contributed by atoms with Gasteiger partial charge in [-0.05, 0) is 56.3 Å². The van der Waals surface area contributed by atoms with Crippen molar-refractivity contribution >= 4 is 43.9 Å². The Bertz CT molecular complexity index is 1460. The molecule has 5 nitrogen and oxygen atoms in total. The Balaban J connectivity index is 0.000000229. The van der Waals surface area contributed by atoms with E-state index in [2.05, 4.69) is 25.1 Å². The third kappa shape index (κ3) is 9.47. The van der Waals surface area contributed by atoms with Crippen LogP contribution >= 0.6 is 11.8 Å². The van der Waals surface area contributed by atoms with Crippen LogP contribution in [0.25, 0.3) is 10.8 Å². The average molecular weight is 551 g/mol. The minimum Gasteiger partial charge on any atom is -0.506 e. The Hall–Kier alpha value is -3.42. The molecule has 1 N–H and O–H groups in total. The van der Waals surface area contributed by atoms with Gasteiger partial charge in [-0.15, -0.1) is 0 Å². The van der Waals surface area contributed by atoms with Crippen LogP contribution in [0.4, 0.5) is 0 Å². The lowest BCUT2D eigenvalue weighted by Crippen LogP contribution is -2.02. The molecular weight excluding hydrogens is 516 g/mol. The monoisotopic (exact) mass is 550 g/mol. The Morgan fingerprint density at radius 1 is 0.789 bits per heavy atom. The fourth-order valence-corrected chi connectivity index (χ4v) is 5.40. The van der Waals surface area contributed by atoms with Crippen molar-refractivity contribution in [3.8, 4) is 5.75 Å². The topological polar surface area (TPSA) is 88.5 Å². The fourth-order valence-electron chi connectivity index (χ4n) is 3.67. The van der Waals surface area contributed by atoms with E-state index in [9.17, 15) is 23.1 Å². The van der Waals surface area contributed by atoms with E-state index in [1.165, 1.54) is 25.7 Å². The predicted octanol–water partition coefficient (Wildman–Crippen LogP) is 7.54. The van der Waals surface area contributed by atoms with Crippen molar-refractivity contribution in [3.05, 3.63) is 102 Å². The summed E-state index contributed by atoms with van der Waals surface area (Å²) in [6, 6.07) is 27.0. The number of phenols is 1. The van der Waals surface area contributed by atoms with E-state index in [1.54, 1.807) is 36.0 Å². The van der Waals surface area contributed by atoms with E-state index in [1.807, 2.05) is 49.4 Å². The Labute approximate surface area is 229 Å². The van der Waals surface area contributed by atoms with Crippen LogP contribution in [0.3, 0.4) is 0 Å². The second-order valence-corrected chi connectivity index (χ2v) is 12.2. The molecule has 0 aliphatic rings. The van der Waals surface area contributed by atoms with Crippen LogP contribution in [0.1, 0.15) is 53.5 Å². The molecule has 0 amide bonds. The molecule has 0 aliphatic carbocycles. The molecule has 0 radical (unpaired) electrons. The Morgan fingerprint density at radius 3 is 1.71 bits per heavy atom. The van der Waals surface area contributed by atoms with E-state index in [0.717, 1.165) is 27.0 Å². The highest BCUT2D eigenvalue weighted by Crippen LogP contribution is 2.40. The normalized spacial score (nSPS) is 10.6. The highest BCUT2D eigenvalue weighted by molar-refractivity contribution is 7.99. The molecule has 4 aromatic rings. The third-order valence-corrected chi connectivity index (χ3v) is 7.61. The minimum atomic E-state index is -2.67. The first kappa shape index (κ1) is 30.8. The maximum Gasteiger partial charge on any atom is 0.160 e. The van der Waals surface area contributed by atoms with E-state index in [4.69, 9.17) is 0 Å². The first-order valence-corrected chi connectivity index (χ1v) is 15.0. The summed E-state index contributed by atoms with van der Waals surface area (Å²) in [7, 11) is -2.67. The van der Waals surface area contributed by atoms with Gasteiger partial charge in [0.1, 0.15) is 15.6 Å². The fraction of sp³-hybridized carbons (Fsp3) is 0.226. The molecule has 38 heavy (non-hydrogen) atoms. The minimum absolute atomic E-state index is 0.0687. The smallest absolute Gasteiger partial charge is 0.160 e. The standard InChI is InChI=1S/C17H14OS.C10H10O2.C4H10O2S/c1-12-11-16(19-13-7-3-2-4-8-13)17(18)15-10-6-5-9-14(12)15;1-7(11)9-5-3-4-6-10(9)8(2)12;1-3-4-7(2,5)6/h2-11,18H,1H3;3-6H,1-2H3;3-4H2,1-2H3. The first-order valence-electron chi connectivity index (χ1n) is 12.2. The second kappa shape index (κ2) is 14.5. The summed E-state index contributed by atoms with van der Waals surface area (Å²) < 4.78 is 20.5. The zero-order chi connectivity index (χ0) is 28.3. The summed E-state index contributed by atoms with van der Waals surface area (Å²) >= 11 is 1.59. The second-order valence-electron chi connectivity index (χ2n) is 8.79. The molecule has 0 aliphatic heterocycles. The number of rotatable bonds is 6. The lowest BCUT2D eigenvalue weighted by Gasteiger charge is -2.10. The van der Waals surface area contributed by atoms with Crippen molar-refractivity contribution in [1.29, 1.82) is 0 Å². The number of aryl methyl sites for hydroxylation is 1. The van der Waals surface area contributed by atoms with Crippen molar-refractivity contribution in [3.63, 3.8) is 0 Å². The van der Waals surface area contributed by atoms with Crippen molar-refractivity contribution in [2.45, 2.75) is 43.9 Å². The zero-order valence-corrected chi connectivity index (χ0v) is 24.0. The van der Waals surface area contributed by atoms with Gasteiger partial charge in [-0.1, -0.05) is 85.4 Å². The van der Waals surface area contributed by atoms with Gasteiger partial charge in [-0.3, -0.25) is 9.59 Å². The van der Waals surface area contributed by atoms with E-state index in [-0.39, 0.29) is 11.6 Å². The molecule has 0 fully saturated rings. The molecule has 0 aromatic heterocycles. The van der Waals surface area contributed by atoms with Crippen molar-refractivity contribution in [2.24, 2.45) is 0 Å². The number of carbonyl (C=O) groups excluding carboxylic acids is 2. The third-order valence-electron chi connectivity index (χ3n) is 5.42. The number of aromatic hydroxyl groups is 1. The largest absolute Gasteiger partial charge is 0.506 e. The van der Waals surface area contributed by atoms with Gasteiger partial charge in [-0.2, -0.15) is 0 Å². The van der Waals surface area contributed by atoms with Gasteiger partial charge in [0.15, 0.2) is 11.6 Å². The number of hydrogen-bond acceptors (Lipinski definition) is 6. The van der Waals surface area contributed by atoms with Gasteiger partial charge in [-0.25, -0.2) is 8.42 Å². The van der Waals surface area contributed by atoms with Crippen molar-refractivity contribution < 1.29 is 23.1 Å². The molecule has 7 heteroatoms. The van der Waals surface area contributed by atoms with Crippen LogP contribution < -0.4 is 0 Å². The zero-order valence-electron chi connectivity index (χ0n) is 22.4. The lowest BCUT2D eigenvalue weighted by atomic mass is 10.0. The van der Waals surface area contributed by atoms with Gasteiger partial charge >= 0.3 is 0 Å². The summed E-state index contributed by atoms with van der Waals surface area (Å²) in [5.41, 5.74) is 2.20. The molecule has 0 bridgehead atoms.